The highest BCUT2D eigenvalue weighted by molar-refractivity contribution is 5.80. The largest absolute Gasteiger partial charge is 0.389 e. The van der Waals surface area contributed by atoms with E-state index < -0.39 is 6.10 Å². The molecule has 0 amide bonds. The summed E-state index contributed by atoms with van der Waals surface area (Å²) in [5.74, 6) is 0. The maximum atomic E-state index is 9.83. The van der Waals surface area contributed by atoms with E-state index in [2.05, 4.69) is 5.10 Å². The fourth-order valence-electron chi connectivity index (χ4n) is 2.20. The lowest BCUT2D eigenvalue weighted by molar-refractivity contribution is 0.199. The summed E-state index contributed by atoms with van der Waals surface area (Å²) in [5.41, 5.74) is 2.85. The van der Waals surface area contributed by atoms with Crippen molar-refractivity contribution in [3.05, 3.63) is 60.3 Å². The minimum absolute atomic E-state index is 0.510. The smallest absolute Gasteiger partial charge is 0.0782 e. The zero-order chi connectivity index (χ0) is 12.5. The Morgan fingerprint density at radius 3 is 2.61 bits per heavy atom. The van der Waals surface area contributed by atoms with Gasteiger partial charge in [0.25, 0.3) is 0 Å². The summed E-state index contributed by atoms with van der Waals surface area (Å²) in [6.45, 7) is 1.77. The van der Waals surface area contributed by atoms with Gasteiger partial charge in [-0.2, -0.15) is 5.10 Å². The monoisotopic (exact) mass is 238 g/mol. The molecule has 1 heterocycles. The van der Waals surface area contributed by atoms with Crippen molar-refractivity contribution in [2.45, 2.75) is 13.0 Å². The van der Waals surface area contributed by atoms with Crippen LogP contribution in [0.1, 0.15) is 18.6 Å². The van der Waals surface area contributed by atoms with Gasteiger partial charge in [0.1, 0.15) is 0 Å². The third-order valence-corrected chi connectivity index (χ3v) is 3.09. The first kappa shape index (κ1) is 11.0. The molecule has 3 rings (SSSR count). The van der Waals surface area contributed by atoms with Crippen LogP contribution in [0.15, 0.2) is 54.7 Å². The summed E-state index contributed by atoms with van der Waals surface area (Å²) >= 11 is 0. The van der Waals surface area contributed by atoms with Gasteiger partial charge in [-0.05, 0) is 19.1 Å². The summed E-state index contributed by atoms with van der Waals surface area (Å²) in [4.78, 5) is 0. The molecule has 0 saturated heterocycles. The number of aliphatic hydroxyl groups excluding tert-OH is 1. The number of para-hydroxylation sites is 2. The SMILES string of the molecule is CC(O)c1ccccc1-n1ncc2ccccc21. The Morgan fingerprint density at radius 1 is 1.06 bits per heavy atom. The van der Waals surface area contributed by atoms with Crippen LogP contribution in [0, 0.1) is 0 Å². The quantitative estimate of drug-likeness (QED) is 0.745. The zero-order valence-corrected chi connectivity index (χ0v) is 10.1. The van der Waals surface area contributed by atoms with Crippen LogP contribution in [0.5, 0.6) is 0 Å². The molecule has 1 aromatic heterocycles. The van der Waals surface area contributed by atoms with E-state index in [0.29, 0.717) is 0 Å². The molecule has 0 radical (unpaired) electrons. The van der Waals surface area contributed by atoms with Crippen LogP contribution in [0.4, 0.5) is 0 Å². The van der Waals surface area contributed by atoms with Gasteiger partial charge in [-0.3, -0.25) is 0 Å². The average Bonchev–Trinajstić information content (AvgIpc) is 2.82. The van der Waals surface area contributed by atoms with E-state index >= 15 is 0 Å². The molecular weight excluding hydrogens is 224 g/mol. The van der Waals surface area contributed by atoms with E-state index in [0.717, 1.165) is 22.2 Å². The standard InChI is InChI=1S/C15H14N2O/c1-11(18)13-7-3-5-9-15(13)17-14-8-4-2-6-12(14)10-16-17/h2-11,18H,1H3. The molecule has 3 nitrogen and oxygen atoms in total. The molecule has 0 fully saturated rings. The van der Waals surface area contributed by atoms with Gasteiger partial charge in [-0.25, -0.2) is 4.68 Å². The highest BCUT2D eigenvalue weighted by Gasteiger charge is 2.11. The molecule has 0 saturated carbocycles. The van der Waals surface area contributed by atoms with Gasteiger partial charge in [-0.15, -0.1) is 0 Å². The molecular formula is C15H14N2O. The van der Waals surface area contributed by atoms with Gasteiger partial charge in [0.2, 0.25) is 0 Å². The third kappa shape index (κ3) is 1.69. The molecule has 0 aliphatic heterocycles. The first-order valence-corrected chi connectivity index (χ1v) is 5.97. The Morgan fingerprint density at radius 2 is 1.78 bits per heavy atom. The number of hydrogen-bond acceptors (Lipinski definition) is 2. The molecule has 0 aliphatic carbocycles. The van der Waals surface area contributed by atoms with E-state index in [9.17, 15) is 5.11 Å². The second-order valence-electron chi connectivity index (χ2n) is 4.35. The summed E-state index contributed by atoms with van der Waals surface area (Å²) < 4.78 is 1.87. The van der Waals surface area contributed by atoms with Crippen molar-refractivity contribution in [1.82, 2.24) is 9.78 Å². The van der Waals surface area contributed by atoms with Crippen LogP contribution in [-0.2, 0) is 0 Å². The number of fused-ring (bicyclic) bond motifs is 1. The summed E-state index contributed by atoms with van der Waals surface area (Å²) in [7, 11) is 0. The first-order chi connectivity index (χ1) is 8.77. The van der Waals surface area contributed by atoms with Gasteiger partial charge in [0, 0.05) is 10.9 Å². The Balaban J connectivity index is 2.27. The van der Waals surface area contributed by atoms with Crippen LogP contribution in [0.3, 0.4) is 0 Å². The van der Waals surface area contributed by atoms with E-state index in [1.54, 1.807) is 6.92 Å². The molecule has 3 heteroatoms. The van der Waals surface area contributed by atoms with Crippen molar-refractivity contribution in [3.63, 3.8) is 0 Å². The van der Waals surface area contributed by atoms with Crippen molar-refractivity contribution in [3.8, 4) is 5.69 Å². The van der Waals surface area contributed by atoms with Gasteiger partial charge >= 0.3 is 0 Å². The molecule has 2 aromatic carbocycles. The Bertz CT molecular complexity index is 686. The molecule has 0 bridgehead atoms. The van der Waals surface area contributed by atoms with Crippen LogP contribution >= 0.6 is 0 Å². The fraction of sp³-hybridized carbons (Fsp3) is 0.133. The van der Waals surface area contributed by atoms with Crippen molar-refractivity contribution >= 4 is 10.9 Å². The van der Waals surface area contributed by atoms with Crippen molar-refractivity contribution < 1.29 is 5.11 Å². The number of aliphatic hydroxyl groups is 1. The van der Waals surface area contributed by atoms with E-state index in [1.165, 1.54) is 0 Å². The zero-order valence-electron chi connectivity index (χ0n) is 10.1. The number of hydrogen-bond donors (Lipinski definition) is 1. The first-order valence-electron chi connectivity index (χ1n) is 5.97. The topological polar surface area (TPSA) is 38.0 Å². The maximum Gasteiger partial charge on any atom is 0.0782 e. The van der Waals surface area contributed by atoms with Gasteiger partial charge in [0.15, 0.2) is 0 Å². The highest BCUT2D eigenvalue weighted by Crippen LogP contribution is 2.24. The molecule has 1 unspecified atom stereocenters. The minimum atomic E-state index is -0.510. The van der Waals surface area contributed by atoms with Crippen molar-refractivity contribution in [2.75, 3.05) is 0 Å². The number of aromatic nitrogens is 2. The van der Waals surface area contributed by atoms with Crippen LogP contribution in [0.2, 0.25) is 0 Å². The molecule has 3 aromatic rings. The number of benzene rings is 2. The summed E-state index contributed by atoms with van der Waals surface area (Å²) in [6.07, 6.45) is 1.33. The molecule has 90 valence electrons. The second kappa shape index (κ2) is 4.27. The lowest BCUT2D eigenvalue weighted by atomic mass is 10.1. The van der Waals surface area contributed by atoms with Gasteiger partial charge < -0.3 is 5.11 Å². The predicted molar refractivity (Wildman–Crippen MR) is 71.7 cm³/mol. The Kier molecular flexibility index (Phi) is 2.61. The lowest BCUT2D eigenvalue weighted by Crippen LogP contribution is -2.03. The fourth-order valence-corrected chi connectivity index (χ4v) is 2.20. The molecule has 0 aliphatic rings. The van der Waals surface area contributed by atoms with Crippen molar-refractivity contribution in [2.24, 2.45) is 0 Å². The average molecular weight is 238 g/mol. The van der Waals surface area contributed by atoms with E-state index in [1.807, 2.05) is 59.4 Å². The Hall–Kier alpha value is -2.13. The van der Waals surface area contributed by atoms with Crippen LogP contribution < -0.4 is 0 Å². The normalized spacial score (nSPS) is 12.8. The molecule has 1 N–H and O–H groups in total. The van der Waals surface area contributed by atoms with E-state index in [-0.39, 0.29) is 0 Å². The highest BCUT2D eigenvalue weighted by atomic mass is 16.3. The van der Waals surface area contributed by atoms with Gasteiger partial charge in [-0.1, -0.05) is 36.4 Å². The predicted octanol–water partition coefficient (Wildman–Crippen LogP) is 3.08. The lowest BCUT2D eigenvalue weighted by Gasteiger charge is -2.12. The Labute approximate surface area is 105 Å². The molecule has 1 atom stereocenters. The molecule has 0 spiro atoms. The van der Waals surface area contributed by atoms with Crippen LogP contribution in [0.25, 0.3) is 16.6 Å². The van der Waals surface area contributed by atoms with Crippen LogP contribution in [-0.4, -0.2) is 14.9 Å². The van der Waals surface area contributed by atoms with E-state index in [4.69, 9.17) is 0 Å². The minimum Gasteiger partial charge on any atom is -0.389 e. The summed E-state index contributed by atoms with van der Waals surface area (Å²) in [5, 5.41) is 15.3. The number of rotatable bonds is 2. The number of nitrogens with zero attached hydrogens (tertiary/aromatic N) is 2. The van der Waals surface area contributed by atoms with Crippen molar-refractivity contribution in [1.29, 1.82) is 0 Å². The molecule has 18 heavy (non-hydrogen) atoms. The second-order valence-corrected chi connectivity index (χ2v) is 4.35. The third-order valence-electron chi connectivity index (χ3n) is 3.09. The maximum absolute atomic E-state index is 9.83. The van der Waals surface area contributed by atoms with Gasteiger partial charge in [0.05, 0.1) is 23.5 Å². The summed E-state index contributed by atoms with van der Waals surface area (Å²) in [6, 6.07) is 15.8.